The van der Waals surface area contributed by atoms with Crippen LogP contribution in [-0.2, 0) is 4.74 Å². The molecule has 1 rings (SSSR count). The normalized spacial score (nSPS) is 9.38. The van der Waals surface area contributed by atoms with Crippen LogP contribution >= 0.6 is 0 Å². The molecule has 0 saturated heterocycles. The van der Waals surface area contributed by atoms with Gasteiger partial charge in [-0.3, -0.25) is 4.90 Å². The first kappa shape index (κ1) is 9.57. The minimum Gasteiger partial charge on any atom is -0.452 e. The molecule has 4 nitrogen and oxygen atoms in total. The van der Waals surface area contributed by atoms with Crippen molar-refractivity contribution in [3.05, 3.63) is 18.3 Å². The maximum atomic E-state index is 11.0. The molecule has 1 aromatic rings. The summed E-state index contributed by atoms with van der Waals surface area (Å²) in [7, 11) is 8.33. The largest absolute Gasteiger partial charge is 0.452 e. The van der Waals surface area contributed by atoms with Crippen molar-refractivity contribution in [2.24, 2.45) is 0 Å². The molecule has 0 unspecified atom stereocenters. The van der Waals surface area contributed by atoms with Crippen molar-refractivity contribution in [3.8, 4) is 0 Å². The molecule has 0 saturated carbocycles. The zero-order valence-corrected chi connectivity index (χ0v) is 7.52. The minimum atomic E-state index is -0.461. The second-order valence-corrected chi connectivity index (χ2v) is 2.48. The first-order valence-electron chi connectivity index (χ1n) is 3.68. The highest BCUT2D eigenvalue weighted by Gasteiger charge is 2.10. The standard InChI is InChI=1S/C8H9BN2O2/c1-11(8(12)13-2)7-4-3-6(9)5-10-7/h3-5H,1-2H3. The summed E-state index contributed by atoms with van der Waals surface area (Å²) in [5, 5.41) is 0. The molecule has 1 aromatic heterocycles. The van der Waals surface area contributed by atoms with Gasteiger partial charge in [-0.05, 0) is 6.07 Å². The molecule has 0 bridgehead atoms. The second kappa shape index (κ2) is 3.93. The number of rotatable bonds is 1. The van der Waals surface area contributed by atoms with Crippen LogP contribution in [0.2, 0.25) is 0 Å². The Morgan fingerprint density at radius 2 is 2.31 bits per heavy atom. The van der Waals surface area contributed by atoms with Gasteiger partial charge in [0, 0.05) is 13.2 Å². The van der Waals surface area contributed by atoms with Crippen LogP contribution in [0.25, 0.3) is 0 Å². The van der Waals surface area contributed by atoms with E-state index in [1.807, 2.05) is 0 Å². The van der Waals surface area contributed by atoms with Crippen LogP contribution in [0.3, 0.4) is 0 Å². The van der Waals surface area contributed by atoms with Crippen LogP contribution in [0, 0.1) is 0 Å². The number of amides is 1. The Balaban J connectivity index is 2.83. The molecule has 1 amide bonds. The van der Waals surface area contributed by atoms with Gasteiger partial charge in [0.25, 0.3) is 0 Å². The van der Waals surface area contributed by atoms with Crippen LogP contribution in [0.1, 0.15) is 0 Å². The Labute approximate surface area is 77.9 Å². The van der Waals surface area contributed by atoms with Gasteiger partial charge in [-0.25, -0.2) is 9.78 Å². The Bertz CT molecular complexity index is 300. The smallest absolute Gasteiger partial charge is 0.414 e. The van der Waals surface area contributed by atoms with E-state index in [4.69, 9.17) is 7.85 Å². The maximum absolute atomic E-state index is 11.0. The van der Waals surface area contributed by atoms with Crippen LogP contribution in [-0.4, -0.2) is 33.1 Å². The second-order valence-electron chi connectivity index (χ2n) is 2.48. The van der Waals surface area contributed by atoms with Gasteiger partial charge in [0.2, 0.25) is 0 Å². The lowest BCUT2D eigenvalue weighted by atomic mass is 9.99. The predicted molar refractivity (Wildman–Crippen MR) is 50.4 cm³/mol. The van der Waals surface area contributed by atoms with E-state index in [2.05, 4.69) is 9.72 Å². The molecule has 0 N–H and O–H groups in total. The van der Waals surface area contributed by atoms with Crippen molar-refractivity contribution in [3.63, 3.8) is 0 Å². The van der Waals surface area contributed by atoms with Gasteiger partial charge in [-0.2, -0.15) is 0 Å². The molecule has 0 spiro atoms. The number of nitrogens with zero attached hydrogens (tertiary/aromatic N) is 2. The summed E-state index contributed by atoms with van der Waals surface area (Å²) in [4.78, 5) is 16.3. The van der Waals surface area contributed by atoms with E-state index in [0.717, 1.165) is 0 Å². The number of hydrogen-bond acceptors (Lipinski definition) is 3. The molecule has 0 atom stereocenters. The number of carbonyl (C=O) groups excluding carboxylic acids is 1. The average molecular weight is 176 g/mol. The molecule has 0 aliphatic heterocycles. The zero-order chi connectivity index (χ0) is 9.84. The number of hydrogen-bond donors (Lipinski definition) is 0. The highest BCUT2D eigenvalue weighted by atomic mass is 16.5. The minimum absolute atomic E-state index is 0.461. The fourth-order valence-corrected chi connectivity index (χ4v) is 0.826. The number of anilines is 1. The first-order chi connectivity index (χ1) is 6.15. The number of ether oxygens (including phenoxy) is 1. The topological polar surface area (TPSA) is 42.4 Å². The third-order valence-corrected chi connectivity index (χ3v) is 1.56. The molecule has 1 heterocycles. The van der Waals surface area contributed by atoms with E-state index in [-0.39, 0.29) is 0 Å². The van der Waals surface area contributed by atoms with E-state index < -0.39 is 6.09 Å². The molecule has 0 aromatic carbocycles. The molecule has 0 aliphatic carbocycles. The van der Waals surface area contributed by atoms with Gasteiger partial charge in [-0.15, -0.1) is 0 Å². The van der Waals surface area contributed by atoms with Crippen molar-refractivity contribution in [1.82, 2.24) is 4.98 Å². The van der Waals surface area contributed by atoms with Gasteiger partial charge in [0.15, 0.2) is 0 Å². The quantitative estimate of drug-likeness (QED) is 0.569. The molecular formula is C8H9BN2O2. The average Bonchev–Trinajstić information content (AvgIpc) is 2.17. The maximum Gasteiger partial charge on any atom is 0.414 e. The molecule has 5 heteroatoms. The third kappa shape index (κ3) is 2.21. The summed E-state index contributed by atoms with van der Waals surface area (Å²) in [5.41, 5.74) is 0.557. The van der Waals surface area contributed by atoms with Gasteiger partial charge in [-0.1, -0.05) is 11.5 Å². The lowest BCUT2D eigenvalue weighted by molar-refractivity contribution is 0.180. The SMILES string of the molecule is [B]c1ccc(N(C)C(=O)OC)nc1. The van der Waals surface area contributed by atoms with Gasteiger partial charge in [0.05, 0.1) is 7.11 Å². The van der Waals surface area contributed by atoms with Gasteiger partial charge < -0.3 is 4.74 Å². The molecule has 0 fully saturated rings. The number of methoxy groups -OCH3 is 1. The summed E-state index contributed by atoms with van der Waals surface area (Å²) in [6.45, 7) is 0. The Morgan fingerprint density at radius 3 is 2.77 bits per heavy atom. The van der Waals surface area contributed by atoms with Crippen LogP contribution in [0.4, 0.5) is 10.6 Å². The molecule has 66 valence electrons. The monoisotopic (exact) mass is 176 g/mol. The van der Waals surface area contributed by atoms with Gasteiger partial charge >= 0.3 is 6.09 Å². The Morgan fingerprint density at radius 1 is 1.62 bits per heavy atom. The van der Waals surface area contributed by atoms with Crippen molar-refractivity contribution >= 4 is 25.2 Å². The lowest BCUT2D eigenvalue weighted by Crippen LogP contribution is -2.27. The summed E-state index contributed by atoms with van der Waals surface area (Å²) in [6.07, 6.45) is 1.02. The molecule has 13 heavy (non-hydrogen) atoms. The molecule has 0 aliphatic rings. The summed E-state index contributed by atoms with van der Waals surface area (Å²) in [5.74, 6) is 0.501. The fourth-order valence-electron chi connectivity index (χ4n) is 0.826. The first-order valence-corrected chi connectivity index (χ1v) is 3.68. The van der Waals surface area contributed by atoms with Crippen LogP contribution in [0.15, 0.2) is 18.3 Å². The van der Waals surface area contributed by atoms with E-state index in [0.29, 0.717) is 11.3 Å². The van der Waals surface area contributed by atoms with Crippen molar-refractivity contribution < 1.29 is 9.53 Å². The molecule has 2 radical (unpaired) electrons. The fraction of sp³-hybridized carbons (Fsp3) is 0.250. The summed E-state index contributed by atoms with van der Waals surface area (Å²) >= 11 is 0. The number of aromatic nitrogens is 1. The highest BCUT2D eigenvalue weighted by molar-refractivity contribution is 6.32. The Kier molecular flexibility index (Phi) is 2.90. The Hall–Kier alpha value is -1.52. The number of carbonyl (C=O) groups is 1. The van der Waals surface area contributed by atoms with Crippen LogP contribution in [0.5, 0.6) is 0 Å². The van der Waals surface area contributed by atoms with Gasteiger partial charge in [0.1, 0.15) is 13.7 Å². The summed E-state index contributed by atoms with van der Waals surface area (Å²) in [6, 6.07) is 3.31. The van der Waals surface area contributed by atoms with E-state index in [1.165, 1.54) is 18.2 Å². The van der Waals surface area contributed by atoms with Crippen LogP contribution < -0.4 is 10.4 Å². The summed E-state index contributed by atoms with van der Waals surface area (Å²) < 4.78 is 4.51. The third-order valence-electron chi connectivity index (χ3n) is 1.56. The van der Waals surface area contributed by atoms with Crippen molar-refractivity contribution in [2.75, 3.05) is 19.1 Å². The van der Waals surface area contributed by atoms with Crippen molar-refractivity contribution in [2.45, 2.75) is 0 Å². The van der Waals surface area contributed by atoms with E-state index in [1.54, 1.807) is 19.2 Å². The zero-order valence-electron chi connectivity index (χ0n) is 7.52. The molecular weight excluding hydrogens is 167 g/mol. The predicted octanol–water partition coefficient (Wildman–Crippen LogP) is 0.0780. The highest BCUT2D eigenvalue weighted by Crippen LogP contribution is 2.06. The lowest BCUT2D eigenvalue weighted by Gasteiger charge is -2.13. The van der Waals surface area contributed by atoms with E-state index >= 15 is 0 Å². The number of pyridine rings is 1. The van der Waals surface area contributed by atoms with E-state index in [9.17, 15) is 4.79 Å². The van der Waals surface area contributed by atoms with Crippen molar-refractivity contribution in [1.29, 1.82) is 0 Å².